The third-order valence-electron chi connectivity index (χ3n) is 5.18. The van der Waals surface area contributed by atoms with Crippen LogP contribution in [-0.4, -0.2) is 53.2 Å². The van der Waals surface area contributed by atoms with Gasteiger partial charge in [0.25, 0.3) is 0 Å². The predicted molar refractivity (Wildman–Crippen MR) is 112 cm³/mol. The molecule has 3 rings (SSSR count). The molecule has 154 valence electrons. The highest BCUT2D eigenvalue weighted by molar-refractivity contribution is 6.31. The third-order valence-corrected chi connectivity index (χ3v) is 5.60. The molecule has 2 aromatic rings. The number of carbonyl (C=O) groups is 2. The summed E-state index contributed by atoms with van der Waals surface area (Å²) >= 11 is 6.05. The number of amides is 3. The Kier molecular flexibility index (Phi) is 6.53. The van der Waals surface area contributed by atoms with Gasteiger partial charge in [0.2, 0.25) is 5.91 Å². The van der Waals surface area contributed by atoms with E-state index in [0.29, 0.717) is 29.5 Å². The summed E-state index contributed by atoms with van der Waals surface area (Å²) in [5.41, 5.74) is 7.63. The van der Waals surface area contributed by atoms with Crippen molar-refractivity contribution in [2.75, 3.05) is 25.0 Å². The molecule has 2 heterocycles. The molecule has 1 aromatic carbocycles. The van der Waals surface area contributed by atoms with Crippen LogP contribution in [0.15, 0.2) is 30.5 Å². The number of aryl methyl sites for hydroxylation is 1. The Hall–Kier alpha value is -2.87. The fraction of sp³-hybridized carbons (Fsp3) is 0.400. The molecule has 0 bridgehead atoms. The average Bonchev–Trinajstić information content (AvgIpc) is 2.74. The Morgan fingerprint density at radius 1 is 1.38 bits per heavy atom. The highest BCUT2D eigenvalue weighted by Crippen LogP contribution is 2.21. The van der Waals surface area contributed by atoms with E-state index in [0.717, 1.165) is 30.5 Å². The Balaban J connectivity index is 1.60. The van der Waals surface area contributed by atoms with Crippen molar-refractivity contribution in [3.05, 3.63) is 52.2 Å². The summed E-state index contributed by atoms with van der Waals surface area (Å²) in [4.78, 5) is 27.8. The molecule has 0 aliphatic carbocycles. The van der Waals surface area contributed by atoms with E-state index in [1.54, 1.807) is 18.0 Å². The standard InChI is InChI=1S/C20H25ClN6O2/c1-13-8-14(5-6-17(13)21)10-23-20(29)26(2)16-4-3-7-27(12-16)18-9-15(19(22)28)11-24-25-18/h5-6,8-9,11,16H,3-4,7,10,12H2,1-2H3,(H2,22,28)(H,23,29)/t16-/m1/s1. The Morgan fingerprint density at radius 3 is 2.90 bits per heavy atom. The maximum atomic E-state index is 12.6. The number of primary amides is 1. The van der Waals surface area contributed by atoms with Gasteiger partial charge in [-0.1, -0.05) is 23.7 Å². The van der Waals surface area contributed by atoms with E-state index >= 15 is 0 Å². The summed E-state index contributed by atoms with van der Waals surface area (Å²) in [5, 5.41) is 11.6. The Morgan fingerprint density at radius 2 is 2.17 bits per heavy atom. The van der Waals surface area contributed by atoms with E-state index in [1.807, 2.05) is 30.0 Å². The number of likely N-dealkylation sites (N-methyl/N-ethyl adjacent to an activating group) is 1. The fourth-order valence-electron chi connectivity index (χ4n) is 3.41. The number of carbonyl (C=O) groups excluding carboxylic acids is 2. The Bertz CT molecular complexity index is 906. The molecule has 1 saturated heterocycles. The van der Waals surface area contributed by atoms with E-state index in [9.17, 15) is 9.59 Å². The minimum absolute atomic E-state index is 0.0229. The molecule has 1 aromatic heterocycles. The molecule has 0 radical (unpaired) electrons. The normalized spacial score (nSPS) is 16.4. The van der Waals surface area contributed by atoms with Crippen molar-refractivity contribution >= 4 is 29.4 Å². The summed E-state index contributed by atoms with van der Waals surface area (Å²) in [5.74, 6) is 0.0556. The van der Waals surface area contributed by atoms with Crippen LogP contribution in [0.5, 0.6) is 0 Å². The summed E-state index contributed by atoms with van der Waals surface area (Å²) < 4.78 is 0. The molecule has 3 amide bonds. The quantitative estimate of drug-likeness (QED) is 0.778. The smallest absolute Gasteiger partial charge is 0.317 e. The van der Waals surface area contributed by atoms with Crippen LogP contribution in [0.4, 0.5) is 10.6 Å². The summed E-state index contributed by atoms with van der Waals surface area (Å²) in [6.45, 7) is 3.77. The lowest BCUT2D eigenvalue weighted by Crippen LogP contribution is -2.51. The van der Waals surface area contributed by atoms with Gasteiger partial charge in [-0.15, -0.1) is 5.10 Å². The third kappa shape index (κ3) is 5.14. The van der Waals surface area contributed by atoms with Gasteiger partial charge in [0.1, 0.15) is 0 Å². The van der Waals surface area contributed by atoms with E-state index in [-0.39, 0.29) is 12.1 Å². The van der Waals surface area contributed by atoms with E-state index in [2.05, 4.69) is 15.5 Å². The molecule has 29 heavy (non-hydrogen) atoms. The Labute approximate surface area is 175 Å². The van der Waals surface area contributed by atoms with Gasteiger partial charge in [0.15, 0.2) is 5.82 Å². The molecule has 1 atom stereocenters. The fourth-order valence-corrected chi connectivity index (χ4v) is 3.53. The largest absolute Gasteiger partial charge is 0.366 e. The van der Waals surface area contributed by atoms with Gasteiger partial charge >= 0.3 is 6.03 Å². The number of hydrogen-bond acceptors (Lipinski definition) is 5. The van der Waals surface area contributed by atoms with Crippen LogP contribution in [-0.2, 0) is 6.54 Å². The number of benzene rings is 1. The summed E-state index contributed by atoms with van der Waals surface area (Å²) in [7, 11) is 1.79. The van der Waals surface area contributed by atoms with E-state index < -0.39 is 5.91 Å². The first kappa shape index (κ1) is 20.9. The van der Waals surface area contributed by atoms with Gasteiger partial charge in [-0.2, -0.15) is 5.10 Å². The first-order valence-corrected chi connectivity index (χ1v) is 9.86. The number of piperidine rings is 1. The molecular weight excluding hydrogens is 392 g/mol. The maximum absolute atomic E-state index is 12.6. The zero-order valence-corrected chi connectivity index (χ0v) is 17.3. The molecule has 3 N–H and O–H groups in total. The molecular formula is C20H25ClN6O2. The van der Waals surface area contributed by atoms with Gasteiger partial charge < -0.3 is 20.9 Å². The predicted octanol–water partition coefficient (Wildman–Crippen LogP) is 2.35. The van der Waals surface area contributed by atoms with Gasteiger partial charge in [0, 0.05) is 31.7 Å². The van der Waals surface area contributed by atoms with Crippen molar-refractivity contribution in [2.24, 2.45) is 5.73 Å². The van der Waals surface area contributed by atoms with Crippen LogP contribution in [0.3, 0.4) is 0 Å². The number of anilines is 1. The zero-order valence-electron chi connectivity index (χ0n) is 16.6. The lowest BCUT2D eigenvalue weighted by atomic mass is 10.0. The second kappa shape index (κ2) is 9.09. The topological polar surface area (TPSA) is 104 Å². The van der Waals surface area contributed by atoms with Crippen LogP contribution < -0.4 is 16.0 Å². The number of rotatable bonds is 5. The number of urea groups is 1. The monoisotopic (exact) mass is 416 g/mol. The number of nitrogens with zero attached hydrogens (tertiary/aromatic N) is 4. The van der Waals surface area contributed by atoms with Crippen molar-refractivity contribution in [3.8, 4) is 0 Å². The number of hydrogen-bond donors (Lipinski definition) is 2. The first-order chi connectivity index (χ1) is 13.8. The highest BCUT2D eigenvalue weighted by Gasteiger charge is 2.27. The minimum Gasteiger partial charge on any atom is -0.366 e. The van der Waals surface area contributed by atoms with E-state index in [1.165, 1.54) is 6.20 Å². The van der Waals surface area contributed by atoms with Crippen molar-refractivity contribution in [1.82, 2.24) is 20.4 Å². The summed E-state index contributed by atoms with van der Waals surface area (Å²) in [6, 6.07) is 7.23. The van der Waals surface area contributed by atoms with Crippen molar-refractivity contribution < 1.29 is 9.59 Å². The molecule has 0 spiro atoms. The molecule has 1 fully saturated rings. The first-order valence-electron chi connectivity index (χ1n) is 9.48. The molecule has 0 unspecified atom stereocenters. The number of aromatic nitrogens is 2. The maximum Gasteiger partial charge on any atom is 0.317 e. The van der Waals surface area contributed by atoms with E-state index in [4.69, 9.17) is 17.3 Å². The van der Waals surface area contributed by atoms with Crippen LogP contribution in [0.2, 0.25) is 5.02 Å². The highest BCUT2D eigenvalue weighted by atomic mass is 35.5. The summed E-state index contributed by atoms with van der Waals surface area (Å²) in [6.07, 6.45) is 3.15. The van der Waals surface area contributed by atoms with Crippen molar-refractivity contribution in [2.45, 2.75) is 32.4 Å². The lowest BCUT2D eigenvalue weighted by molar-refractivity contribution is 0.0999. The van der Waals surface area contributed by atoms with Gasteiger partial charge in [-0.25, -0.2) is 4.79 Å². The molecule has 1 aliphatic heterocycles. The molecule has 8 nitrogen and oxygen atoms in total. The molecule has 0 saturated carbocycles. The van der Waals surface area contributed by atoms with Crippen LogP contribution in [0.1, 0.15) is 34.3 Å². The van der Waals surface area contributed by atoms with Gasteiger partial charge in [-0.05, 0) is 43.0 Å². The van der Waals surface area contributed by atoms with Crippen LogP contribution in [0.25, 0.3) is 0 Å². The second-order valence-corrected chi connectivity index (χ2v) is 7.67. The van der Waals surface area contributed by atoms with Crippen LogP contribution >= 0.6 is 11.6 Å². The molecule has 9 heteroatoms. The van der Waals surface area contributed by atoms with Crippen molar-refractivity contribution in [3.63, 3.8) is 0 Å². The average molecular weight is 417 g/mol. The number of nitrogens with one attached hydrogen (secondary N) is 1. The SMILES string of the molecule is Cc1cc(CNC(=O)N(C)[C@@H]2CCCN(c3cc(C(N)=O)cnn3)C2)ccc1Cl. The van der Waals surface area contributed by atoms with Gasteiger partial charge in [-0.3, -0.25) is 4.79 Å². The number of nitrogens with two attached hydrogens (primary N) is 1. The lowest BCUT2D eigenvalue weighted by Gasteiger charge is -2.38. The zero-order chi connectivity index (χ0) is 21.0. The van der Waals surface area contributed by atoms with Crippen LogP contribution in [0, 0.1) is 6.92 Å². The van der Waals surface area contributed by atoms with Crippen molar-refractivity contribution in [1.29, 1.82) is 0 Å². The molecule has 1 aliphatic rings. The second-order valence-electron chi connectivity index (χ2n) is 7.26. The van der Waals surface area contributed by atoms with Gasteiger partial charge in [0.05, 0.1) is 17.8 Å². The minimum atomic E-state index is -0.538. The number of halogens is 1.